The molecule has 1 fully saturated rings. The van der Waals surface area contributed by atoms with Gasteiger partial charge in [0.2, 0.25) is 5.95 Å². The molecular weight excluding hydrogens is 256 g/mol. The Balaban J connectivity index is 1.61. The molecule has 2 heterocycles. The van der Waals surface area contributed by atoms with E-state index in [2.05, 4.69) is 19.8 Å². The number of nitrogens with zero attached hydrogens (tertiary/aromatic N) is 3. The number of H-pyrrole nitrogens is 1. The molecule has 0 spiro atoms. The van der Waals surface area contributed by atoms with Crippen molar-refractivity contribution in [3.63, 3.8) is 0 Å². The summed E-state index contributed by atoms with van der Waals surface area (Å²) in [5.74, 6) is 0.175. The molecule has 6 heteroatoms. The number of carboxylic acids is 1. The smallest absolute Gasteiger partial charge is 0.304 e. The summed E-state index contributed by atoms with van der Waals surface area (Å²) in [4.78, 5) is 22.9. The average molecular weight is 274 g/mol. The van der Waals surface area contributed by atoms with Crippen molar-refractivity contribution in [2.24, 2.45) is 0 Å². The van der Waals surface area contributed by atoms with Gasteiger partial charge in [0.1, 0.15) is 0 Å². The molecule has 0 bridgehead atoms. The van der Waals surface area contributed by atoms with Gasteiger partial charge in [-0.05, 0) is 12.1 Å². The fraction of sp³-hybridized carbons (Fsp3) is 0.429. The maximum Gasteiger partial charge on any atom is 0.304 e. The van der Waals surface area contributed by atoms with E-state index in [1.54, 1.807) is 0 Å². The SMILES string of the molecule is O=C(O)CCN1CCN(c2nc3ccccc3[nH]2)CC1. The number of piperazine rings is 1. The normalized spacial score (nSPS) is 16.7. The Bertz CT molecular complexity index is 569. The van der Waals surface area contributed by atoms with Gasteiger partial charge < -0.3 is 15.0 Å². The van der Waals surface area contributed by atoms with Crippen LogP contribution in [0.25, 0.3) is 11.0 Å². The molecule has 3 rings (SSSR count). The summed E-state index contributed by atoms with van der Waals surface area (Å²) in [5.41, 5.74) is 2.03. The highest BCUT2D eigenvalue weighted by atomic mass is 16.4. The van der Waals surface area contributed by atoms with Gasteiger partial charge >= 0.3 is 5.97 Å². The van der Waals surface area contributed by atoms with Gasteiger partial charge in [0.15, 0.2) is 0 Å². The zero-order valence-electron chi connectivity index (χ0n) is 11.2. The number of rotatable bonds is 4. The van der Waals surface area contributed by atoms with Gasteiger partial charge in [0.25, 0.3) is 0 Å². The van der Waals surface area contributed by atoms with Gasteiger partial charge in [-0.3, -0.25) is 9.69 Å². The van der Waals surface area contributed by atoms with Crippen molar-refractivity contribution in [3.8, 4) is 0 Å². The van der Waals surface area contributed by atoms with E-state index in [1.165, 1.54) is 0 Å². The fourth-order valence-corrected chi connectivity index (χ4v) is 2.53. The van der Waals surface area contributed by atoms with Crippen molar-refractivity contribution in [1.82, 2.24) is 14.9 Å². The third-order valence-corrected chi connectivity index (χ3v) is 3.69. The predicted molar refractivity (Wildman–Crippen MR) is 77.0 cm³/mol. The van der Waals surface area contributed by atoms with Crippen LogP contribution >= 0.6 is 0 Å². The highest BCUT2D eigenvalue weighted by Crippen LogP contribution is 2.18. The predicted octanol–water partition coefficient (Wildman–Crippen LogP) is 1.16. The van der Waals surface area contributed by atoms with Gasteiger partial charge in [0, 0.05) is 32.7 Å². The van der Waals surface area contributed by atoms with Gasteiger partial charge in [0.05, 0.1) is 17.5 Å². The fourth-order valence-electron chi connectivity index (χ4n) is 2.53. The van der Waals surface area contributed by atoms with Crippen LogP contribution in [0, 0.1) is 0 Å². The molecule has 1 aliphatic rings. The summed E-state index contributed by atoms with van der Waals surface area (Å²) in [5, 5.41) is 8.70. The number of benzene rings is 1. The summed E-state index contributed by atoms with van der Waals surface area (Å²) in [6.07, 6.45) is 0.213. The number of carboxylic acid groups (broad SMARTS) is 1. The second-order valence-corrected chi connectivity index (χ2v) is 5.05. The van der Waals surface area contributed by atoms with E-state index in [9.17, 15) is 4.79 Å². The van der Waals surface area contributed by atoms with Crippen molar-refractivity contribution in [3.05, 3.63) is 24.3 Å². The molecule has 0 aliphatic carbocycles. The molecule has 0 atom stereocenters. The van der Waals surface area contributed by atoms with Crippen molar-refractivity contribution >= 4 is 23.0 Å². The summed E-state index contributed by atoms with van der Waals surface area (Å²) in [6, 6.07) is 8.00. The molecular formula is C14H18N4O2. The molecule has 1 aromatic carbocycles. The molecule has 2 N–H and O–H groups in total. The third kappa shape index (κ3) is 2.75. The molecule has 1 aromatic heterocycles. The number of imidazole rings is 1. The first-order chi connectivity index (χ1) is 9.72. The molecule has 1 saturated heterocycles. The second-order valence-electron chi connectivity index (χ2n) is 5.05. The second kappa shape index (κ2) is 5.50. The highest BCUT2D eigenvalue weighted by molar-refractivity contribution is 5.77. The van der Waals surface area contributed by atoms with E-state index < -0.39 is 5.97 Å². The maximum absolute atomic E-state index is 10.6. The van der Waals surface area contributed by atoms with Crippen LogP contribution < -0.4 is 4.90 Å². The summed E-state index contributed by atoms with van der Waals surface area (Å²) in [6.45, 7) is 4.14. The minimum absolute atomic E-state index is 0.213. The van der Waals surface area contributed by atoms with Crippen LogP contribution in [0.5, 0.6) is 0 Å². The maximum atomic E-state index is 10.6. The van der Waals surface area contributed by atoms with Crippen LogP contribution in [-0.2, 0) is 4.79 Å². The Hall–Kier alpha value is -2.08. The van der Waals surface area contributed by atoms with E-state index in [4.69, 9.17) is 5.11 Å². The van der Waals surface area contributed by atoms with Gasteiger partial charge in [-0.1, -0.05) is 12.1 Å². The number of hydrogen-bond donors (Lipinski definition) is 2. The summed E-state index contributed by atoms with van der Waals surface area (Å²) >= 11 is 0. The number of aliphatic carboxylic acids is 1. The number of aromatic nitrogens is 2. The Labute approximate surface area is 117 Å². The molecule has 20 heavy (non-hydrogen) atoms. The Morgan fingerprint density at radius 2 is 2.00 bits per heavy atom. The van der Waals surface area contributed by atoms with Gasteiger partial charge in [-0.25, -0.2) is 4.98 Å². The van der Waals surface area contributed by atoms with Crippen LogP contribution in [0.4, 0.5) is 5.95 Å². The molecule has 106 valence electrons. The van der Waals surface area contributed by atoms with Gasteiger partial charge in [-0.15, -0.1) is 0 Å². The number of aromatic amines is 1. The minimum atomic E-state index is -0.732. The minimum Gasteiger partial charge on any atom is -0.481 e. The van der Waals surface area contributed by atoms with Crippen LogP contribution in [-0.4, -0.2) is 58.7 Å². The van der Waals surface area contributed by atoms with E-state index in [0.29, 0.717) is 6.54 Å². The van der Waals surface area contributed by atoms with E-state index >= 15 is 0 Å². The molecule has 0 amide bonds. The largest absolute Gasteiger partial charge is 0.481 e. The first-order valence-corrected chi connectivity index (χ1v) is 6.86. The first-order valence-electron chi connectivity index (χ1n) is 6.86. The van der Waals surface area contributed by atoms with E-state index in [-0.39, 0.29) is 6.42 Å². The Kier molecular flexibility index (Phi) is 3.56. The zero-order chi connectivity index (χ0) is 13.9. The lowest BCUT2D eigenvalue weighted by Gasteiger charge is -2.34. The standard InChI is InChI=1S/C14H18N4O2/c19-13(20)5-6-17-7-9-18(10-8-17)14-15-11-3-1-2-4-12(11)16-14/h1-4H,5-10H2,(H,15,16)(H,19,20). The molecule has 0 saturated carbocycles. The molecule has 0 unspecified atom stereocenters. The number of fused-ring (bicyclic) bond motifs is 1. The van der Waals surface area contributed by atoms with Crippen molar-refractivity contribution < 1.29 is 9.90 Å². The van der Waals surface area contributed by atoms with Crippen LogP contribution in [0.2, 0.25) is 0 Å². The molecule has 1 aliphatic heterocycles. The van der Waals surface area contributed by atoms with Gasteiger partial charge in [-0.2, -0.15) is 0 Å². The van der Waals surface area contributed by atoms with Crippen molar-refractivity contribution in [2.75, 3.05) is 37.6 Å². The Morgan fingerprint density at radius 3 is 2.70 bits per heavy atom. The quantitative estimate of drug-likeness (QED) is 0.875. The topological polar surface area (TPSA) is 72.5 Å². The molecule has 2 aromatic rings. The third-order valence-electron chi connectivity index (χ3n) is 3.69. The monoisotopic (exact) mass is 274 g/mol. The lowest BCUT2D eigenvalue weighted by Crippen LogP contribution is -2.47. The molecule has 6 nitrogen and oxygen atoms in total. The van der Waals surface area contributed by atoms with Crippen LogP contribution in [0.15, 0.2) is 24.3 Å². The van der Waals surface area contributed by atoms with Crippen molar-refractivity contribution in [1.29, 1.82) is 0 Å². The highest BCUT2D eigenvalue weighted by Gasteiger charge is 2.19. The molecule has 0 radical (unpaired) electrons. The Morgan fingerprint density at radius 1 is 1.25 bits per heavy atom. The number of carbonyl (C=O) groups is 1. The first kappa shape index (κ1) is 12.9. The number of hydrogen-bond acceptors (Lipinski definition) is 4. The summed E-state index contributed by atoms with van der Waals surface area (Å²) < 4.78 is 0. The number of anilines is 1. The van der Waals surface area contributed by atoms with Crippen LogP contribution in [0.3, 0.4) is 0 Å². The lowest BCUT2D eigenvalue weighted by atomic mass is 10.3. The van der Waals surface area contributed by atoms with E-state index in [1.807, 2.05) is 24.3 Å². The lowest BCUT2D eigenvalue weighted by molar-refractivity contribution is -0.137. The van der Waals surface area contributed by atoms with E-state index in [0.717, 1.165) is 43.2 Å². The van der Waals surface area contributed by atoms with Crippen molar-refractivity contribution in [2.45, 2.75) is 6.42 Å². The number of para-hydroxylation sites is 2. The van der Waals surface area contributed by atoms with Crippen LogP contribution in [0.1, 0.15) is 6.42 Å². The summed E-state index contributed by atoms with van der Waals surface area (Å²) in [7, 11) is 0. The average Bonchev–Trinajstić information content (AvgIpc) is 2.89. The number of nitrogens with one attached hydrogen (secondary N) is 1. The zero-order valence-corrected chi connectivity index (χ0v) is 11.2.